The van der Waals surface area contributed by atoms with Gasteiger partial charge in [0.05, 0.1) is 5.56 Å². The van der Waals surface area contributed by atoms with Crippen LogP contribution in [0.4, 0.5) is 11.4 Å². The van der Waals surface area contributed by atoms with Gasteiger partial charge < -0.3 is 15.8 Å². The molecule has 120 valence electrons. The first-order valence-corrected chi connectivity index (χ1v) is 7.32. The van der Waals surface area contributed by atoms with Crippen LogP contribution in [0.2, 0.25) is 0 Å². The molecule has 0 aliphatic heterocycles. The Hall–Kier alpha value is -2.82. The van der Waals surface area contributed by atoms with Crippen molar-refractivity contribution in [3.63, 3.8) is 0 Å². The Balaban J connectivity index is 2.05. The van der Waals surface area contributed by atoms with Gasteiger partial charge in [0.15, 0.2) is 6.10 Å². The third-order valence-electron chi connectivity index (χ3n) is 3.60. The molecule has 0 aliphatic carbocycles. The fraction of sp³-hybridized carbons (Fsp3) is 0.222. The van der Waals surface area contributed by atoms with E-state index in [0.717, 1.165) is 11.1 Å². The number of nitrogens with one attached hydrogen (secondary N) is 1. The maximum absolute atomic E-state index is 12.2. The highest BCUT2D eigenvalue weighted by atomic mass is 16.5. The van der Waals surface area contributed by atoms with Crippen LogP contribution < -0.4 is 11.1 Å². The molecule has 23 heavy (non-hydrogen) atoms. The lowest BCUT2D eigenvalue weighted by molar-refractivity contribution is -0.123. The average molecular weight is 312 g/mol. The number of hydrogen-bond donors (Lipinski definition) is 2. The average Bonchev–Trinajstić information content (AvgIpc) is 2.52. The van der Waals surface area contributed by atoms with Crippen molar-refractivity contribution in [2.75, 3.05) is 11.1 Å². The van der Waals surface area contributed by atoms with E-state index >= 15 is 0 Å². The van der Waals surface area contributed by atoms with Crippen molar-refractivity contribution in [3.05, 3.63) is 59.2 Å². The highest BCUT2D eigenvalue weighted by Crippen LogP contribution is 2.19. The second-order valence-corrected chi connectivity index (χ2v) is 5.39. The van der Waals surface area contributed by atoms with Crippen LogP contribution in [0.25, 0.3) is 0 Å². The summed E-state index contributed by atoms with van der Waals surface area (Å²) in [6.07, 6.45) is -0.929. The van der Waals surface area contributed by atoms with Crippen molar-refractivity contribution in [1.82, 2.24) is 0 Å². The van der Waals surface area contributed by atoms with Gasteiger partial charge in [0.2, 0.25) is 0 Å². The number of ether oxygens (including phenoxy) is 1. The third-order valence-corrected chi connectivity index (χ3v) is 3.60. The van der Waals surface area contributed by atoms with E-state index in [1.165, 1.54) is 6.92 Å². The van der Waals surface area contributed by atoms with Crippen molar-refractivity contribution >= 4 is 23.3 Å². The normalized spacial score (nSPS) is 11.6. The number of anilines is 2. The summed E-state index contributed by atoms with van der Waals surface area (Å²) in [5, 5.41) is 2.75. The smallest absolute Gasteiger partial charge is 0.341 e. The third kappa shape index (κ3) is 3.88. The summed E-state index contributed by atoms with van der Waals surface area (Å²) in [6, 6.07) is 12.5. The summed E-state index contributed by atoms with van der Waals surface area (Å²) < 4.78 is 5.22. The summed E-state index contributed by atoms with van der Waals surface area (Å²) in [5.41, 5.74) is 8.92. The molecule has 0 bridgehead atoms. The number of amides is 1. The van der Waals surface area contributed by atoms with Crippen molar-refractivity contribution in [3.8, 4) is 0 Å². The molecule has 1 atom stereocenters. The number of benzene rings is 2. The first kappa shape index (κ1) is 16.5. The molecule has 0 saturated carbocycles. The van der Waals surface area contributed by atoms with Gasteiger partial charge in [-0.25, -0.2) is 4.79 Å². The van der Waals surface area contributed by atoms with E-state index in [2.05, 4.69) is 5.32 Å². The number of nitrogens with two attached hydrogens (primary N) is 1. The molecule has 5 nitrogen and oxygen atoms in total. The standard InChI is InChI=1S/C18H20N2O3/c1-11-7-4-5-10-15(11)20-17(21)13(3)23-18(22)14-9-6-8-12(2)16(14)19/h4-10,13H,19H2,1-3H3,(H,20,21)/t13-/m1/s1. The largest absolute Gasteiger partial charge is 0.449 e. The van der Waals surface area contributed by atoms with E-state index in [-0.39, 0.29) is 11.5 Å². The lowest BCUT2D eigenvalue weighted by atomic mass is 10.1. The van der Waals surface area contributed by atoms with E-state index in [4.69, 9.17) is 10.5 Å². The van der Waals surface area contributed by atoms with Gasteiger partial charge in [-0.3, -0.25) is 4.79 Å². The van der Waals surface area contributed by atoms with Gasteiger partial charge in [-0.2, -0.15) is 0 Å². The van der Waals surface area contributed by atoms with Crippen LogP contribution in [-0.2, 0) is 9.53 Å². The molecule has 0 spiro atoms. The molecule has 0 aliphatic rings. The number of nitrogen functional groups attached to an aromatic ring is 1. The molecular weight excluding hydrogens is 292 g/mol. The zero-order valence-electron chi connectivity index (χ0n) is 13.4. The van der Waals surface area contributed by atoms with E-state index in [9.17, 15) is 9.59 Å². The molecule has 0 radical (unpaired) electrons. The van der Waals surface area contributed by atoms with Gasteiger partial charge in [0.1, 0.15) is 0 Å². The monoisotopic (exact) mass is 312 g/mol. The zero-order valence-corrected chi connectivity index (χ0v) is 13.4. The molecule has 1 amide bonds. The molecule has 3 N–H and O–H groups in total. The SMILES string of the molecule is Cc1ccccc1NC(=O)[C@@H](C)OC(=O)c1cccc(C)c1N. The maximum atomic E-state index is 12.2. The minimum Gasteiger partial charge on any atom is -0.449 e. The molecule has 0 heterocycles. The van der Waals surface area contributed by atoms with Gasteiger partial charge in [0, 0.05) is 11.4 Å². The Morgan fingerprint density at radius 3 is 2.39 bits per heavy atom. The molecule has 2 aromatic rings. The minimum absolute atomic E-state index is 0.264. The predicted molar refractivity (Wildman–Crippen MR) is 90.3 cm³/mol. The van der Waals surface area contributed by atoms with Crippen LogP contribution in [0.1, 0.15) is 28.4 Å². The Bertz CT molecular complexity index is 741. The van der Waals surface area contributed by atoms with Crippen LogP contribution in [0.5, 0.6) is 0 Å². The fourth-order valence-electron chi connectivity index (χ4n) is 2.08. The molecule has 2 aromatic carbocycles. The van der Waals surface area contributed by atoms with Crippen LogP contribution >= 0.6 is 0 Å². The van der Waals surface area contributed by atoms with E-state index < -0.39 is 12.1 Å². The first-order valence-electron chi connectivity index (χ1n) is 7.32. The number of para-hydroxylation sites is 2. The molecule has 5 heteroatoms. The Labute approximate surface area is 135 Å². The van der Waals surface area contributed by atoms with Crippen LogP contribution in [0.3, 0.4) is 0 Å². The van der Waals surface area contributed by atoms with Crippen molar-refractivity contribution in [1.29, 1.82) is 0 Å². The number of carbonyl (C=O) groups excluding carboxylic acids is 2. The lowest BCUT2D eigenvalue weighted by Crippen LogP contribution is -2.30. The Kier molecular flexibility index (Phi) is 5.01. The predicted octanol–water partition coefficient (Wildman–Crippen LogP) is 3.07. The van der Waals surface area contributed by atoms with Gasteiger partial charge >= 0.3 is 5.97 Å². The molecule has 0 unspecified atom stereocenters. The van der Waals surface area contributed by atoms with Gasteiger partial charge in [-0.1, -0.05) is 30.3 Å². The zero-order chi connectivity index (χ0) is 17.0. The summed E-state index contributed by atoms with van der Waals surface area (Å²) in [6.45, 7) is 5.22. The second kappa shape index (κ2) is 6.96. The maximum Gasteiger partial charge on any atom is 0.341 e. The van der Waals surface area contributed by atoms with Gasteiger partial charge in [0.25, 0.3) is 5.91 Å². The van der Waals surface area contributed by atoms with E-state index in [1.54, 1.807) is 31.2 Å². The topological polar surface area (TPSA) is 81.4 Å². The van der Waals surface area contributed by atoms with E-state index in [0.29, 0.717) is 11.4 Å². The van der Waals surface area contributed by atoms with Crippen LogP contribution in [0, 0.1) is 13.8 Å². The number of aryl methyl sites for hydroxylation is 2. The van der Waals surface area contributed by atoms with Gasteiger partial charge in [-0.15, -0.1) is 0 Å². The van der Waals surface area contributed by atoms with Crippen molar-refractivity contribution in [2.24, 2.45) is 0 Å². The van der Waals surface area contributed by atoms with Crippen LogP contribution in [0.15, 0.2) is 42.5 Å². The molecule has 0 aromatic heterocycles. The highest BCUT2D eigenvalue weighted by molar-refractivity contribution is 6.00. The van der Waals surface area contributed by atoms with Crippen LogP contribution in [-0.4, -0.2) is 18.0 Å². The second-order valence-electron chi connectivity index (χ2n) is 5.39. The molecule has 2 rings (SSSR count). The van der Waals surface area contributed by atoms with E-state index in [1.807, 2.05) is 25.1 Å². The van der Waals surface area contributed by atoms with Crippen molar-refractivity contribution in [2.45, 2.75) is 26.9 Å². The number of esters is 1. The Morgan fingerprint density at radius 1 is 1.04 bits per heavy atom. The fourth-order valence-corrected chi connectivity index (χ4v) is 2.08. The molecule has 0 fully saturated rings. The number of rotatable bonds is 4. The lowest BCUT2D eigenvalue weighted by Gasteiger charge is -2.15. The van der Waals surface area contributed by atoms with Crippen molar-refractivity contribution < 1.29 is 14.3 Å². The number of hydrogen-bond acceptors (Lipinski definition) is 4. The van der Waals surface area contributed by atoms with Gasteiger partial charge in [-0.05, 0) is 44.0 Å². The number of carbonyl (C=O) groups is 2. The highest BCUT2D eigenvalue weighted by Gasteiger charge is 2.21. The Morgan fingerprint density at radius 2 is 1.70 bits per heavy atom. The minimum atomic E-state index is -0.929. The summed E-state index contributed by atoms with van der Waals surface area (Å²) in [5.74, 6) is -1.00. The molecule has 0 saturated heterocycles. The summed E-state index contributed by atoms with van der Waals surface area (Å²) in [7, 11) is 0. The summed E-state index contributed by atoms with van der Waals surface area (Å²) in [4.78, 5) is 24.3. The first-order chi connectivity index (χ1) is 10.9. The summed E-state index contributed by atoms with van der Waals surface area (Å²) >= 11 is 0. The molecular formula is C18H20N2O3. The quantitative estimate of drug-likeness (QED) is 0.671.